The lowest BCUT2D eigenvalue weighted by molar-refractivity contribution is 0.0951. The fourth-order valence-corrected chi connectivity index (χ4v) is 4.63. The summed E-state index contributed by atoms with van der Waals surface area (Å²) in [4.78, 5) is 12.6. The van der Waals surface area contributed by atoms with Crippen LogP contribution >= 0.6 is 11.6 Å². The monoisotopic (exact) mass is 458 g/mol. The molecule has 1 amide bonds. The van der Waals surface area contributed by atoms with Gasteiger partial charge in [0.25, 0.3) is 5.91 Å². The molecule has 0 spiro atoms. The number of hydrogen-bond acceptors (Lipinski definition) is 5. The van der Waals surface area contributed by atoms with Gasteiger partial charge < -0.3 is 5.32 Å². The first-order chi connectivity index (χ1) is 13.3. The van der Waals surface area contributed by atoms with Crippen LogP contribution in [-0.2, 0) is 26.4 Å². The van der Waals surface area contributed by atoms with E-state index in [1.165, 1.54) is 41.7 Å². The molecule has 0 aliphatic heterocycles. The largest absolute Gasteiger partial charge is 0.348 e. The molecule has 0 fully saturated rings. The van der Waals surface area contributed by atoms with E-state index in [0.29, 0.717) is 5.56 Å². The average molecular weight is 459 g/mol. The second-order valence-electron chi connectivity index (χ2n) is 6.86. The van der Waals surface area contributed by atoms with Crippen LogP contribution in [-0.4, -0.2) is 46.4 Å². The Hall–Kier alpha value is -1.94. The van der Waals surface area contributed by atoms with Gasteiger partial charge in [-0.05, 0) is 49.7 Å². The summed E-state index contributed by atoms with van der Waals surface area (Å²) in [5, 5.41) is 2.79. The maximum absolute atomic E-state index is 12.5. The van der Waals surface area contributed by atoms with E-state index in [4.69, 9.17) is 11.6 Å². The predicted molar refractivity (Wildman–Crippen MR) is 112 cm³/mol. The summed E-state index contributed by atoms with van der Waals surface area (Å²) < 4.78 is 49.6. The van der Waals surface area contributed by atoms with E-state index in [1.807, 2.05) is 0 Å². The minimum absolute atomic E-state index is 0.00381. The van der Waals surface area contributed by atoms with Crippen molar-refractivity contribution in [2.24, 2.45) is 0 Å². The predicted octanol–water partition coefficient (Wildman–Crippen LogP) is 2.70. The molecule has 0 heterocycles. The van der Waals surface area contributed by atoms with Crippen molar-refractivity contribution in [3.63, 3.8) is 0 Å². The lowest BCUT2D eigenvalue weighted by Crippen LogP contribution is -2.33. The highest BCUT2D eigenvalue weighted by atomic mass is 35.5. The smallest absolute Gasteiger partial charge is 0.253 e. The highest BCUT2D eigenvalue weighted by Gasteiger charge is 2.23. The molecule has 0 bridgehead atoms. The second-order valence-corrected chi connectivity index (χ2v) is 11.3. The number of sulfonamides is 1. The fourth-order valence-electron chi connectivity index (χ4n) is 2.41. The van der Waals surface area contributed by atoms with Gasteiger partial charge in [0, 0.05) is 25.9 Å². The minimum atomic E-state index is -3.58. The Kier molecular flexibility index (Phi) is 7.10. The summed E-state index contributed by atoms with van der Waals surface area (Å²) in [6, 6.07) is 9.92. The molecule has 10 heteroatoms. The number of carbonyl (C=O) groups excluding carboxylic acids is 1. The summed E-state index contributed by atoms with van der Waals surface area (Å²) >= 11 is 6.02. The molecule has 0 unspecified atom stereocenters. The van der Waals surface area contributed by atoms with E-state index < -0.39 is 25.8 Å². The topological polar surface area (TPSA) is 101 Å². The quantitative estimate of drug-likeness (QED) is 0.687. The molecule has 158 valence electrons. The van der Waals surface area contributed by atoms with Crippen molar-refractivity contribution in [2.75, 3.05) is 13.3 Å². The van der Waals surface area contributed by atoms with Crippen molar-refractivity contribution >= 4 is 37.4 Å². The van der Waals surface area contributed by atoms with Gasteiger partial charge in [-0.2, -0.15) is 4.31 Å². The van der Waals surface area contributed by atoms with Gasteiger partial charge in [-0.15, -0.1) is 0 Å². The first-order valence-electron chi connectivity index (χ1n) is 8.69. The molecule has 29 heavy (non-hydrogen) atoms. The highest BCUT2D eigenvalue weighted by molar-refractivity contribution is 7.90. The summed E-state index contributed by atoms with van der Waals surface area (Å²) in [6.45, 7) is 3.69. The molecule has 2 aromatic rings. The third kappa shape index (κ3) is 5.57. The highest BCUT2D eigenvalue weighted by Crippen LogP contribution is 2.21. The Balaban J connectivity index is 2.14. The van der Waals surface area contributed by atoms with Crippen LogP contribution in [0.15, 0.2) is 52.3 Å². The summed E-state index contributed by atoms with van der Waals surface area (Å²) in [5.74, 6) is -0.531. The molecule has 0 atom stereocenters. The van der Waals surface area contributed by atoms with E-state index in [-0.39, 0.29) is 33.0 Å². The van der Waals surface area contributed by atoms with Crippen LogP contribution in [0.5, 0.6) is 0 Å². The van der Waals surface area contributed by atoms with Crippen molar-refractivity contribution < 1.29 is 21.6 Å². The van der Waals surface area contributed by atoms with Gasteiger partial charge in [0.05, 0.1) is 20.4 Å². The molecule has 0 aliphatic rings. The van der Waals surface area contributed by atoms with Crippen molar-refractivity contribution in [1.29, 1.82) is 0 Å². The normalized spacial score (nSPS) is 12.4. The number of carbonyl (C=O) groups is 1. The molecule has 0 saturated carbocycles. The SMILES string of the molecule is CC(C)N(C)S(=O)(=O)c1ccc(CNC(=O)c2cc(S(C)(=O)=O)ccc2Cl)cc1. The molecule has 2 aromatic carbocycles. The van der Waals surface area contributed by atoms with Gasteiger partial charge in [-0.25, -0.2) is 16.8 Å². The average Bonchev–Trinajstić information content (AvgIpc) is 2.65. The molecule has 7 nitrogen and oxygen atoms in total. The third-order valence-corrected chi connectivity index (χ3v) is 7.88. The number of benzene rings is 2. The Morgan fingerprint density at radius 1 is 1.03 bits per heavy atom. The molecule has 2 rings (SSSR count). The first-order valence-corrected chi connectivity index (χ1v) is 12.4. The van der Waals surface area contributed by atoms with Gasteiger partial charge in [-0.3, -0.25) is 4.79 Å². The zero-order valence-corrected chi connectivity index (χ0v) is 18.9. The van der Waals surface area contributed by atoms with E-state index in [1.54, 1.807) is 26.0 Å². The van der Waals surface area contributed by atoms with Gasteiger partial charge in [0.1, 0.15) is 0 Å². The lowest BCUT2D eigenvalue weighted by Gasteiger charge is -2.21. The maximum atomic E-state index is 12.5. The standard InChI is InChI=1S/C19H23ClN2O5S2/c1-13(2)22(3)29(26,27)15-7-5-14(6-8-15)12-21-19(23)17-11-16(28(4,24)25)9-10-18(17)20/h5-11,13H,12H2,1-4H3,(H,21,23). The Morgan fingerprint density at radius 2 is 1.59 bits per heavy atom. The molecule has 0 aliphatic carbocycles. The molecule has 0 aromatic heterocycles. The maximum Gasteiger partial charge on any atom is 0.253 e. The van der Waals surface area contributed by atoms with E-state index >= 15 is 0 Å². The number of hydrogen-bond donors (Lipinski definition) is 1. The summed E-state index contributed by atoms with van der Waals surface area (Å²) in [7, 11) is -5.54. The van der Waals surface area contributed by atoms with Crippen LogP contribution in [0.1, 0.15) is 29.8 Å². The molecule has 1 N–H and O–H groups in total. The van der Waals surface area contributed by atoms with Gasteiger partial charge in [0.2, 0.25) is 10.0 Å². The van der Waals surface area contributed by atoms with Crippen molar-refractivity contribution in [2.45, 2.75) is 36.2 Å². The van der Waals surface area contributed by atoms with Crippen molar-refractivity contribution in [1.82, 2.24) is 9.62 Å². The van der Waals surface area contributed by atoms with Crippen molar-refractivity contribution in [3.8, 4) is 0 Å². The van der Waals surface area contributed by atoms with E-state index in [0.717, 1.165) is 6.26 Å². The van der Waals surface area contributed by atoms with Crippen molar-refractivity contribution in [3.05, 3.63) is 58.6 Å². The Bertz CT molecular complexity index is 1110. The number of nitrogens with one attached hydrogen (secondary N) is 1. The number of nitrogens with zero attached hydrogens (tertiary/aromatic N) is 1. The molecular formula is C19H23ClN2O5S2. The van der Waals surface area contributed by atoms with Gasteiger partial charge in [-0.1, -0.05) is 23.7 Å². The Morgan fingerprint density at radius 3 is 2.10 bits per heavy atom. The summed E-state index contributed by atoms with van der Waals surface area (Å²) in [5.41, 5.74) is 0.729. The van der Waals surface area contributed by atoms with Gasteiger partial charge in [0.15, 0.2) is 9.84 Å². The zero-order chi connectivity index (χ0) is 22.0. The lowest BCUT2D eigenvalue weighted by atomic mass is 10.2. The Labute approximate surface area is 176 Å². The van der Waals surface area contributed by atoms with Crippen LogP contribution in [0.2, 0.25) is 5.02 Å². The van der Waals surface area contributed by atoms with Crippen LogP contribution < -0.4 is 5.32 Å². The van der Waals surface area contributed by atoms with Crippen LogP contribution in [0.25, 0.3) is 0 Å². The number of rotatable bonds is 7. The van der Waals surface area contributed by atoms with Crippen LogP contribution in [0.3, 0.4) is 0 Å². The van der Waals surface area contributed by atoms with Crippen LogP contribution in [0.4, 0.5) is 0 Å². The number of sulfone groups is 1. The molecule has 0 saturated heterocycles. The third-order valence-electron chi connectivity index (χ3n) is 4.39. The second kappa shape index (κ2) is 8.83. The molecular weight excluding hydrogens is 436 g/mol. The zero-order valence-electron chi connectivity index (χ0n) is 16.5. The molecule has 0 radical (unpaired) electrons. The first kappa shape index (κ1) is 23.3. The number of halogens is 1. The van der Waals surface area contributed by atoms with Gasteiger partial charge >= 0.3 is 0 Å². The van der Waals surface area contributed by atoms with E-state index in [9.17, 15) is 21.6 Å². The van der Waals surface area contributed by atoms with Crippen LogP contribution in [0, 0.1) is 0 Å². The fraction of sp³-hybridized carbons (Fsp3) is 0.316. The summed E-state index contributed by atoms with van der Waals surface area (Å²) in [6.07, 6.45) is 1.05. The minimum Gasteiger partial charge on any atom is -0.348 e. The van der Waals surface area contributed by atoms with E-state index in [2.05, 4.69) is 5.32 Å². The number of amides is 1.